The van der Waals surface area contributed by atoms with Gasteiger partial charge in [0, 0.05) is 25.2 Å². The Balaban J connectivity index is 2.10. The zero-order valence-electron chi connectivity index (χ0n) is 17.1. The molecule has 0 spiro atoms. The van der Waals surface area contributed by atoms with Crippen LogP contribution in [0.2, 0.25) is 0 Å². The van der Waals surface area contributed by atoms with Crippen molar-refractivity contribution in [3.8, 4) is 0 Å². The lowest BCUT2D eigenvalue weighted by Gasteiger charge is -2.43. The smallest absolute Gasteiger partial charge is 0.411 e. The van der Waals surface area contributed by atoms with Crippen LogP contribution in [0, 0.1) is 13.8 Å². The molecular weight excluding hydrogens is 357 g/mol. The van der Waals surface area contributed by atoms with E-state index >= 15 is 0 Å². The molecule has 3 atom stereocenters. The van der Waals surface area contributed by atoms with Gasteiger partial charge in [-0.05, 0) is 57.9 Å². The average Bonchev–Trinajstić information content (AvgIpc) is 2.60. The van der Waals surface area contributed by atoms with E-state index in [2.05, 4.69) is 9.97 Å². The number of amides is 1. The maximum absolute atomic E-state index is 14.9. The fourth-order valence-corrected chi connectivity index (χ4v) is 3.77. The molecular formula is C22H28FN3O2. The summed E-state index contributed by atoms with van der Waals surface area (Å²) in [5, 5.41) is 0. The summed E-state index contributed by atoms with van der Waals surface area (Å²) in [4.78, 5) is 23.8. The molecule has 0 aromatic carbocycles. The van der Waals surface area contributed by atoms with Crippen molar-refractivity contribution in [1.29, 1.82) is 0 Å². The van der Waals surface area contributed by atoms with Gasteiger partial charge in [0.15, 0.2) is 0 Å². The first kappa shape index (κ1) is 20.2. The Morgan fingerprint density at radius 3 is 1.89 bits per heavy atom. The first-order valence-corrected chi connectivity index (χ1v) is 9.66. The first-order chi connectivity index (χ1) is 13.2. The number of alkyl halides is 1. The number of carbonyl (C=O) groups excluding carboxylic acids is 1. The van der Waals surface area contributed by atoms with Crippen molar-refractivity contribution in [2.45, 2.75) is 71.3 Å². The molecule has 1 aliphatic heterocycles. The van der Waals surface area contributed by atoms with Crippen molar-refractivity contribution >= 4 is 6.09 Å². The van der Waals surface area contributed by atoms with Crippen LogP contribution in [-0.4, -0.2) is 32.7 Å². The highest BCUT2D eigenvalue weighted by Crippen LogP contribution is 2.44. The van der Waals surface area contributed by atoms with E-state index in [4.69, 9.17) is 4.74 Å². The third-order valence-electron chi connectivity index (χ3n) is 4.97. The number of hydrogen-bond donors (Lipinski definition) is 0. The molecule has 2 aromatic heterocycles. The van der Waals surface area contributed by atoms with Gasteiger partial charge in [0.05, 0.1) is 23.5 Å². The lowest BCUT2D eigenvalue weighted by atomic mass is 9.88. The number of ether oxygens (including phenoxy) is 1. The Bertz CT molecular complexity index is 794. The lowest BCUT2D eigenvalue weighted by Crippen LogP contribution is -2.47. The van der Waals surface area contributed by atoms with Crippen LogP contribution in [0.3, 0.4) is 0 Å². The number of aromatic nitrogens is 2. The fourth-order valence-electron chi connectivity index (χ4n) is 3.77. The van der Waals surface area contributed by atoms with Gasteiger partial charge < -0.3 is 4.74 Å². The molecule has 1 fully saturated rings. The van der Waals surface area contributed by atoms with Crippen LogP contribution in [0.25, 0.3) is 0 Å². The minimum atomic E-state index is -1.06. The Labute approximate surface area is 166 Å². The standard InChI is InChI=1S/C22H28FN3O2/c1-14-8-6-10-24-19(14)17-12-16(23)13-18(20-15(2)9-7-11-25-20)26(17)21(27)28-22(3,4)5/h6-11,16-18H,12-13H2,1-5H3/t16-,17-,18+. The van der Waals surface area contributed by atoms with Crippen LogP contribution in [0.5, 0.6) is 0 Å². The number of likely N-dealkylation sites (tertiary alicyclic amines) is 1. The largest absolute Gasteiger partial charge is 0.444 e. The number of halogens is 1. The molecule has 3 rings (SSSR count). The van der Waals surface area contributed by atoms with Gasteiger partial charge in [-0.3, -0.25) is 14.9 Å². The Hall–Kier alpha value is -2.50. The Morgan fingerprint density at radius 1 is 1.04 bits per heavy atom. The van der Waals surface area contributed by atoms with E-state index in [1.165, 1.54) is 0 Å². The molecule has 1 amide bonds. The molecule has 6 heteroatoms. The first-order valence-electron chi connectivity index (χ1n) is 9.66. The predicted molar refractivity (Wildman–Crippen MR) is 106 cm³/mol. The molecule has 1 aliphatic rings. The average molecular weight is 385 g/mol. The second kappa shape index (κ2) is 7.86. The van der Waals surface area contributed by atoms with Crippen molar-refractivity contribution < 1.29 is 13.9 Å². The molecule has 0 radical (unpaired) electrons. The molecule has 1 saturated heterocycles. The van der Waals surface area contributed by atoms with Gasteiger partial charge in [0.25, 0.3) is 0 Å². The molecule has 0 saturated carbocycles. The SMILES string of the molecule is Cc1cccnc1[C@H]1C[C@@H](F)C[C@@H](c2ncccc2C)N1C(=O)OC(C)(C)C. The van der Waals surface area contributed by atoms with Crippen molar-refractivity contribution in [2.75, 3.05) is 0 Å². The Kier molecular flexibility index (Phi) is 5.68. The van der Waals surface area contributed by atoms with Gasteiger partial charge in [0.2, 0.25) is 0 Å². The molecule has 28 heavy (non-hydrogen) atoms. The fraction of sp³-hybridized carbons (Fsp3) is 0.500. The van der Waals surface area contributed by atoms with Crippen LogP contribution in [-0.2, 0) is 4.74 Å². The molecule has 150 valence electrons. The van der Waals surface area contributed by atoms with Crippen LogP contribution in [0.4, 0.5) is 9.18 Å². The number of aryl methyl sites for hydroxylation is 2. The van der Waals surface area contributed by atoms with E-state index in [0.717, 1.165) is 11.1 Å². The molecule has 3 heterocycles. The molecule has 0 bridgehead atoms. The second-order valence-corrected chi connectivity index (χ2v) is 8.40. The predicted octanol–water partition coefficient (Wildman–Crippen LogP) is 5.24. The molecule has 0 aliphatic carbocycles. The number of nitrogens with zero attached hydrogens (tertiary/aromatic N) is 3. The minimum absolute atomic E-state index is 0.194. The van der Waals surface area contributed by atoms with Gasteiger partial charge in [-0.1, -0.05) is 12.1 Å². The van der Waals surface area contributed by atoms with Crippen molar-refractivity contribution in [3.63, 3.8) is 0 Å². The van der Waals surface area contributed by atoms with Gasteiger partial charge in [0.1, 0.15) is 11.8 Å². The van der Waals surface area contributed by atoms with Crippen molar-refractivity contribution in [2.24, 2.45) is 0 Å². The van der Waals surface area contributed by atoms with E-state index in [9.17, 15) is 9.18 Å². The summed E-state index contributed by atoms with van der Waals surface area (Å²) in [5.74, 6) is 0. The summed E-state index contributed by atoms with van der Waals surface area (Å²) < 4.78 is 20.6. The number of carbonyl (C=O) groups is 1. The summed E-state index contributed by atoms with van der Waals surface area (Å²) in [6.07, 6.45) is 2.22. The topological polar surface area (TPSA) is 55.3 Å². The van der Waals surface area contributed by atoms with Crippen molar-refractivity contribution in [3.05, 3.63) is 59.2 Å². The number of hydrogen-bond acceptors (Lipinski definition) is 4. The zero-order chi connectivity index (χ0) is 20.5. The van der Waals surface area contributed by atoms with Crippen LogP contribution >= 0.6 is 0 Å². The normalized spacial score (nSPS) is 22.8. The van der Waals surface area contributed by atoms with E-state index in [1.54, 1.807) is 17.3 Å². The van der Waals surface area contributed by atoms with Crippen LogP contribution in [0.1, 0.15) is 68.2 Å². The summed E-state index contributed by atoms with van der Waals surface area (Å²) in [6, 6.07) is 6.52. The molecule has 2 aromatic rings. The van der Waals surface area contributed by atoms with Gasteiger partial charge in [-0.2, -0.15) is 0 Å². The lowest BCUT2D eigenvalue weighted by molar-refractivity contribution is -0.0203. The summed E-state index contributed by atoms with van der Waals surface area (Å²) >= 11 is 0. The third-order valence-corrected chi connectivity index (χ3v) is 4.97. The maximum Gasteiger partial charge on any atom is 0.411 e. The summed E-state index contributed by atoms with van der Waals surface area (Å²) in [6.45, 7) is 9.34. The highest BCUT2D eigenvalue weighted by Gasteiger charge is 2.44. The van der Waals surface area contributed by atoms with E-state index in [0.29, 0.717) is 11.4 Å². The maximum atomic E-state index is 14.9. The highest BCUT2D eigenvalue weighted by atomic mass is 19.1. The quantitative estimate of drug-likeness (QED) is 0.709. The number of rotatable bonds is 2. The van der Waals surface area contributed by atoms with Gasteiger partial charge in [-0.15, -0.1) is 0 Å². The van der Waals surface area contributed by atoms with Gasteiger partial charge >= 0.3 is 6.09 Å². The van der Waals surface area contributed by atoms with Crippen molar-refractivity contribution in [1.82, 2.24) is 14.9 Å². The highest BCUT2D eigenvalue weighted by molar-refractivity contribution is 5.70. The van der Waals surface area contributed by atoms with Crippen LogP contribution in [0.15, 0.2) is 36.7 Å². The van der Waals surface area contributed by atoms with E-state index in [1.807, 2.05) is 58.9 Å². The van der Waals surface area contributed by atoms with E-state index in [-0.39, 0.29) is 12.8 Å². The number of piperidine rings is 1. The van der Waals surface area contributed by atoms with Gasteiger partial charge in [-0.25, -0.2) is 9.18 Å². The third kappa shape index (κ3) is 4.32. The van der Waals surface area contributed by atoms with E-state index < -0.39 is 29.9 Å². The second-order valence-electron chi connectivity index (χ2n) is 8.40. The minimum Gasteiger partial charge on any atom is -0.444 e. The molecule has 5 nitrogen and oxygen atoms in total. The summed E-state index contributed by atoms with van der Waals surface area (Å²) in [7, 11) is 0. The monoisotopic (exact) mass is 385 g/mol. The Morgan fingerprint density at radius 2 is 1.50 bits per heavy atom. The molecule has 0 unspecified atom stereocenters. The van der Waals surface area contributed by atoms with Crippen LogP contribution < -0.4 is 0 Å². The molecule has 0 N–H and O–H groups in total. The summed E-state index contributed by atoms with van der Waals surface area (Å²) in [5.41, 5.74) is 2.60. The number of pyridine rings is 2. The zero-order valence-corrected chi connectivity index (χ0v) is 17.1.